The number of hydrogen-bond acceptors (Lipinski definition) is 4. The number of halogens is 2. The lowest BCUT2D eigenvalue weighted by atomic mass is 9.96. The fraction of sp³-hybridized carbons (Fsp3) is 0.417. The van der Waals surface area contributed by atoms with Gasteiger partial charge < -0.3 is 25.2 Å². The Balaban J connectivity index is 1.52. The number of ether oxygens (including phenoxy) is 1. The number of likely N-dealkylation sites (N-methyl/N-ethyl adjacent to an activating group) is 1. The second-order valence-electron chi connectivity index (χ2n) is 8.93. The van der Waals surface area contributed by atoms with Crippen LogP contribution in [0.5, 0.6) is 0 Å². The number of benzene rings is 2. The summed E-state index contributed by atoms with van der Waals surface area (Å²) in [4.78, 5) is 30.2. The fourth-order valence-electron chi connectivity index (χ4n) is 4.51. The maximum atomic E-state index is 13.8. The van der Waals surface area contributed by atoms with Crippen LogP contribution in [-0.4, -0.2) is 60.6 Å². The molecule has 7 nitrogen and oxygen atoms in total. The lowest BCUT2D eigenvalue weighted by Gasteiger charge is -2.33. The van der Waals surface area contributed by atoms with E-state index < -0.39 is 17.4 Å². The van der Waals surface area contributed by atoms with Gasteiger partial charge in [-0.2, -0.15) is 0 Å². The number of carbonyl (C=O) groups excluding carboxylic acids is 2. The number of carbonyl (C=O) groups is 2. The summed E-state index contributed by atoms with van der Waals surface area (Å²) in [5.41, 5.74) is 2.28. The lowest BCUT2D eigenvalue weighted by molar-refractivity contribution is -0.124. The van der Waals surface area contributed by atoms with Crippen LogP contribution >= 0.6 is 11.6 Å². The zero-order valence-electron chi connectivity index (χ0n) is 19.0. The number of nitrogens with one attached hydrogen (secondary N) is 2. The van der Waals surface area contributed by atoms with E-state index in [0.29, 0.717) is 12.1 Å². The van der Waals surface area contributed by atoms with Crippen molar-refractivity contribution in [3.05, 3.63) is 58.4 Å². The predicted octanol–water partition coefficient (Wildman–Crippen LogP) is 4.12. The van der Waals surface area contributed by atoms with Crippen LogP contribution in [0.1, 0.15) is 24.5 Å². The molecule has 3 amide bonds. The van der Waals surface area contributed by atoms with Gasteiger partial charge in [0.05, 0.1) is 11.1 Å². The van der Waals surface area contributed by atoms with E-state index >= 15 is 0 Å². The number of hydrogen-bond donors (Lipinski definition) is 2. The van der Waals surface area contributed by atoms with E-state index in [1.165, 1.54) is 28.2 Å². The summed E-state index contributed by atoms with van der Waals surface area (Å²) >= 11 is 5.73. The van der Waals surface area contributed by atoms with Gasteiger partial charge in [0, 0.05) is 44.5 Å². The van der Waals surface area contributed by atoms with E-state index in [4.69, 9.17) is 16.3 Å². The van der Waals surface area contributed by atoms with Gasteiger partial charge in [0.1, 0.15) is 11.4 Å². The smallest absolute Gasteiger partial charge is 0.322 e. The molecule has 0 radical (unpaired) electrons. The molecular formula is C24H28ClFN4O3. The Bertz CT molecular complexity index is 1080. The Morgan fingerprint density at radius 3 is 2.61 bits per heavy atom. The predicted molar refractivity (Wildman–Crippen MR) is 126 cm³/mol. The number of fused-ring (bicyclic) bond motifs is 1. The first-order valence-corrected chi connectivity index (χ1v) is 11.3. The summed E-state index contributed by atoms with van der Waals surface area (Å²) in [5.74, 6) is -0.933. The Morgan fingerprint density at radius 2 is 1.88 bits per heavy atom. The highest BCUT2D eigenvalue weighted by Crippen LogP contribution is 2.33. The maximum Gasteiger partial charge on any atom is 0.322 e. The molecule has 2 heterocycles. The molecule has 176 valence electrons. The minimum atomic E-state index is -1.15. The SMILES string of the molecule is CO[C@H]1CN(C(=O)Nc2ccc(Cl)c(F)c2)[C@@](C)(C(=O)Nc2ccc3c(c2)CCN(C)C3)C1. The van der Waals surface area contributed by atoms with E-state index in [0.717, 1.165) is 25.6 Å². The number of likely N-dealkylation sites (tertiary alicyclic amines) is 1. The quantitative estimate of drug-likeness (QED) is 0.699. The van der Waals surface area contributed by atoms with Gasteiger partial charge in [-0.25, -0.2) is 9.18 Å². The molecule has 2 aromatic carbocycles. The molecule has 2 aromatic rings. The van der Waals surface area contributed by atoms with Gasteiger partial charge in [-0.15, -0.1) is 0 Å². The molecule has 33 heavy (non-hydrogen) atoms. The van der Waals surface area contributed by atoms with Gasteiger partial charge in [-0.1, -0.05) is 17.7 Å². The summed E-state index contributed by atoms with van der Waals surface area (Å²) in [7, 11) is 3.64. The number of rotatable bonds is 4. The van der Waals surface area contributed by atoms with Crippen molar-refractivity contribution in [2.45, 2.75) is 38.0 Å². The van der Waals surface area contributed by atoms with Gasteiger partial charge in [-0.3, -0.25) is 4.79 Å². The lowest BCUT2D eigenvalue weighted by Crippen LogP contribution is -2.54. The third-order valence-electron chi connectivity index (χ3n) is 6.51. The van der Waals surface area contributed by atoms with Crippen molar-refractivity contribution < 1.29 is 18.7 Å². The van der Waals surface area contributed by atoms with Crippen molar-refractivity contribution in [1.29, 1.82) is 0 Å². The van der Waals surface area contributed by atoms with E-state index in [9.17, 15) is 14.0 Å². The topological polar surface area (TPSA) is 73.9 Å². The fourth-order valence-corrected chi connectivity index (χ4v) is 4.62. The van der Waals surface area contributed by atoms with Crippen LogP contribution in [-0.2, 0) is 22.5 Å². The standard InChI is InChI=1S/C24H28ClFN4O3/c1-24(22(31)27-17-5-4-16-13-29(2)9-8-15(16)10-17)12-19(33-3)14-30(24)23(32)28-18-6-7-20(25)21(26)11-18/h4-7,10-11,19H,8-9,12-14H2,1-3H3,(H,27,31)(H,28,32)/t19-,24-/m1/s1. The first-order chi connectivity index (χ1) is 15.7. The van der Waals surface area contributed by atoms with Crippen LogP contribution < -0.4 is 10.6 Å². The van der Waals surface area contributed by atoms with Crippen LogP contribution in [0.4, 0.5) is 20.6 Å². The zero-order valence-corrected chi connectivity index (χ0v) is 19.7. The second kappa shape index (κ2) is 9.29. The average Bonchev–Trinajstić information content (AvgIpc) is 3.14. The summed E-state index contributed by atoms with van der Waals surface area (Å²) in [6.07, 6.45) is 0.964. The zero-order chi connectivity index (χ0) is 23.8. The minimum Gasteiger partial charge on any atom is -0.380 e. The van der Waals surface area contributed by atoms with Crippen molar-refractivity contribution in [1.82, 2.24) is 9.80 Å². The summed E-state index contributed by atoms with van der Waals surface area (Å²) in [5, 5.41) is 5.62. The Morgan fingerprint density at radius 1 is 1.15 bits per heavy atom. The molecule has 1 saturated heterocycles. The maximum absolute atomic E-state index is 13.8. The molecular weight excluding hydrogens is 447 g/mol. The Labute approximate surface area is 197 Å². The largest absolute Gasteiger partial charge is 0.380 e. The molecule has 2 aliphatic rings. The van der Waals surface area contributed by atoms with Gasteiger partial charge in [-0.05, 0) is 61.9 Å². The summed E-state index contributed by atoms with van der Waals surface area (Å²) in [6, 6.07) is 9.45. The first-order valence-electron chi connectivity index (χ1n) is 10.9. The number of urea groups is 1. The van der Waals surface area contributed by atoms with Crippen molar-refractivity contribution in [2.75, 3.05) is 37.9 Å². The average molecular weight is 475 g/mol. The molecule has 0 aromatic heterocycles. The summed E-state index contributed by atoms with van der Waals surface area (Å²) in [6.45, 7) is 3.81. The van der Waals surface area contributed by atoms with Crippen LogP contribution in [0.2, 0.25) is 5.02 Å². The molecule has 0 saturated carbocycles. The minimum absolute atomic E-state index is 0.0328. The van der Waals surface area contributed by atoms with Gasteiger partial charge in [0.2, 0.25) is 5.91 Å². The van der Waals surface area contributed by atoms with Crippen LogP contribution in [0, 0.1) is 5.82 Å². The van der Waals surface area contributed by atoms with E-state index in [-0.39, 0.29) is 29.3 Å². The molecule has 0 spiro atoms. The molecule has 0 bridgehead atoms. The van der Waals surface area contributed by atoms with E-state index in [2.05, 4.69) is 22.6 Å². The Kier molecular flexibility index (Phi) is 6.61. The van der Waals surface area contributed by atoms with Crippen LogP contribution in [0.15, 0.2) is 36.4 Å². The van der Waals surface area contributed by atoms with Crippen LogP contribution in [0.25, 0.3) is 0 Å². The van der Waals surface area contributed by atoms with E-state index in [1.807, 2.05) is 18.2 Å². The molecule has 4 rings (SSSR count). The highest BCUT2D eigenvalue weighted by Gasteiger charge is 2.50. The van der Waals surface area contributed by atoms with Gasteiger partial charge in [0.25, 0.3) is 0 Å². The molecule has 0 aliphatic carbocycles. The molecule has 0 unspecified atom stereocenters. The first kappa shape index (κ1) is 23.5. The number of methoxy groups -OCH3 is 1. The van der Waals surface area contributed by atoms with E-state index in [1.54, 1.807) is 14.0 Å². The van der Waals surface area contributed by atoms with Gasteiger partial charge in [0.15, 0.2) is 0 Å². The van der Waals surface area contributed by atoms with Crippen molar-refractivity contribution >= 4 is 34.9 Å². The molecule has 9 heteroatoms. The number of amides is 3. The Hall–Kier alpha value is -2.68. The second-order valence-corrected chi connectivity index (χ2v) is 9.34. The van der Waals surface area contributed by atoms with Crippen molar-refractivity contribution in [3.63, 3.8) is 0 Å². The molecule has 1 fully saturated rings. The van der Waals surface area contributed by atoms with Crippen molar-refractivity contribution in [3.8, 4) is 0 Å². The highest BCUT2D eigenvalue weighted by molar-refractivity contribution is 6.30. The monoisotopic (exact) mass is 474 g/mol. The number of nitrogens with zero attached hydrogens (tertiary/aromatic N) is 2. The van der Waals surface area contributed by atoms with Crippen molar-refractivity contribution in [2.24, 2.45) is 0 Å². The third-order valence-corrected chi connectivity index (χ3v) is 6.82. The highest BCUT2D eigenvalue weighted by atomic mass is 35.5. The van der Waals surface area contributed by atoms with Crippen LogP contribution in [0.3, 0.4) is 0 Å². The van der Waals surface area contributed by atoms with Gasteiger partial charge >= 0.3 is 6.03 Å². The summed E-state index contributed by atoms with van der Waals surface area (Å²) < 4.78 is 19.3. The molecule has 2 atom stereocenters. The third kappa shape index (κ3) is 4.83. The number of anilines is 2. The molecule has 2 N–H and O–H groups in total. The normalized spacial score (nSPS) is 22.7. The molecule has 2 aliphatic heterocycles.